The molecule has 0 amide bonds. The molecule has 0 saturated heterocycles. The predicted molar refractivity (Wildman–Crippen MR) is 210 cm³/mol. The topological polar surface area (TPSA) is 166 Å². The molecule has 0 unspecified atom stereocenters. The molecule has 0 aliphatic rings. The summed E-state index contributed by atoms with van der Waals surface area (Å²) in [4.78, 5) is 0. The number of hydrogen-bond donors (Lipinski definition) is 1. The summed E-state index contributed by atoms with van der Waals surface area (Å²) < 4.78 is 97.5. The van der Waals surface area contributed by atoms with Crippen molar-refractivity contribution in [2.24, 2.45) is 0 Å². The van der Waals surface area contributed by atoms with E-state index in [2.05, 4.69) is 12.6 Å². The summed E-state index contributed by atoms with van der Waals surface area (Å²) in [7, 11) is 1.64. The third kappa shape index (κ3) is 53.6. The predicted octanol–water partition coefficient (Wildman–Crippen LogP) is 0.845. The Hall–Kier alpha value is -0.370. The van der Waals surface area contributed by atoms with Crippen LogP contribution in [-0.4, -0.2) is 244 Å². The molecule has 0 bridgehead atoms. The van der Waals surface area contributed by atoms with E-state index in [-0.39, 0.29) is 0 Å². The first kappa shape index (κ1) is 55.6. The minimum atomic E-state index is 0.499. The lowest BCUT2D eigenvalue weighted by molar-refractivity contribution is -0.0308. The van der Waals surface area contributed by atoms with Gasteiger partial charge in [0.1, 0.15) is 0 Å². The van der Waals surface area contributed by atoms with Crippen LogP contribution in [0.3, 0.4) is 0 Å². The van der Waals surface area contributed by atoms with Crippen molar-refractivity contribution in [2.75, 3.05) is 244 Å². The molecular formula is C37H76O18S. The second kappa shape index (κ2) is 54.6. The molecule has 18 nitrogen and oxygen atoms in total. The minimum Gasteiger partial charge on any atom is -0.382 e. The number of methoxy groups -OCH3 is 1. The van der Waals surface area contributed by atoms with E-state index in [1.165, 1.54) is 0 Å². The molecule has 19 heteroatoms. The monoisotopic (exact) mass is 840 g/mol. The Morgan fingerprint density at radius 3 is 0.393 bits per heavy atom. The van der Waals surface area contributed by atoms with Gasteiger partial charge in [-0.2, -0.15) is 12.6 Å². The molecule has 0 rings (SSSR count). The molecule has 0 heterocycles. The van der Waals surface area contributed by atoms with Gasteiger partial charge in [-0.3, -0.25) is 0 Å². The summed E-state index contributed by atoms with van der Waals surface area (Å²) >= 11 is 4.07. The van der Waals surface area contributed by atoms with Crippen molar-refractivity contribution in [3.8, 4) is 0 Å². The van der Waals surface area contributed by atoms with Crippen molar-refractivity contribution in [3.63, 3.8) is 0 Å². The highest BCUT2D eigenvalue weighted by atomic mass is 32.1. The summed E-state index contributed by atoms with van der Waals surface area (Å²) in [6, 6.07) is 0. The Morgan fingerprint density at radius 1 is 0.179 bits per heavy atom. The molecule has 0 aromatic carbocycles. The van der Waals surface area contributed by atoms with Crippen LogP contribution < -0.4 is 0 Å². The highest BCUT2D eigenvalue weighted by Crippen LogP contribution is 1.89. The van der Waals surface area contributed by atoms with Gasteiger partial charge in [0.05, 0.1) is 231 Å². The lowest BCUT2D eigenvalue weighted by Crippen LogP contribution is -2.16. The Morgan fingerprint density at radius 2 is 0.286 bits per heavy atom. The first-order valence-corrected chi connectivity index (χ1v) is 20.5. The zero-order chi connectivity index (χ0) is 40.2. The van der Waals surface area contributed by atoms with E-state index < -0.39 is 0 Å². The average molecular weight is 841 g/mol. The van der Waals surface area contributed by atoms with E-state index in [9.17, 15) is 0 Å². The third-order valence-corrected chi connectivity index (χ3v) is 6.80. The van der Waals surface area contributed by atoms with Crippen LogP contribution in [-0.2, 0) is 85.3 Å². The number of thiol groups is 1. The zero-order valence-electron chi connectivity index (χ0n) is 34.3. The molecule has 0 saturated carbocycles. The fourth-order valence-corrected chi connectivity index (χ4v) is 3.96. The molecule has 0 aromatic rings. The third-order valence-electron chi connectivity index (χ3n) is 6.62. The van der Waals surface area contributed by atoms with Gasteiger partial charge >= 0.3 is 0 Å². The molecular weight excluding hydrogens is 764 g/mol. The molecule has 0 atom stereocenters. The maximum atomic E-state index is 5.50. The number of hydrogen-bond acceptors (Lipinski definition) is 19. The van der Waals surface area contributed by atoms with Crippen molar-refractivity contribution >= 4 is 12.6 Å². The molecule has 0 N–H and O–H groups in total. The highest BCUT2D eigenvalue weighted by Gasteiger charge is 1.98. The second-order valence-corrected chi connectivity index (χ2v) is 11.6. The van der Waals surface area contributed by atoms with Crippen molar-refractivity contribution in [3.05, 3.63) is 0 Å². The normalized spacial score (nSPS) is 11.7. The highest BCUT2D eigenvalue weighted by molar-refractivity contribution is 7.80. The van der Waals surface area contributed by atoms with Crippen LogP contribution in [0.1, 0.15) is 0 Å². The molecule has 0 spiro atoms. The van der Waals surface area contributed by atoms with Gasteiger partial charge in [-0.05, 0) is 0 Å². The molecule has 0 fully saturated rings. The fourth-order valence-electron chi connectivity index (χ4n) is 3.83. The maximum absolute atomic E-state index is 5.50. The summed E-state index contributed by atoms with van der Waals surface area (Å²) in [5, 5.41) is 0. The van der Waals surface area contributed by atoms with Gasteiger partial charge in [0.25, 0.3) is 0 Å². The fraction of sp³-hybridized carbons (Fsp3) is 1.00. The average Bonchev–Trinajstić information content (AvgIpc) is 3.21. The molecule has 0 radical (unpaired) electrons. The minimum absolute atomic E-state index is 0.499. The lowest BCUT2D eigenvalue weighted by Gasteiger charge is -2.09. The second-order valence-electron chi connectivity index (χ2n) is 11.1. The maximum Gasteiger partial charge on any atom is 0.0701 e. The largest absolute Gasteiger partial charge is 0.382 e. The molecule has 0 aliphatic heterocycles. The standard InChI is InChI=1S/C37H76O18S/c1-38-2-3-39-4-5-40-6-7-41-8-9-42-10-11-43-12-13-44-14-15-45-16-17-46-18-19-47-20-21-48-22-23-49-24-25-50-26-27-51-28-29-52-30-31-53-32-33-54-34-35-55-36-37-56/h56H,2-37H2,1H3. The molecule has 338 valence electrons. The van der Waals surface area contributed by atoms with Crippen molar-refractivity contribution in [1.82, 2.24) is 0 Å². The van der Waals surface area contributed by atoms with Gasteiger partial charge < -0.3 is 85.3 Å². The van der Waals surface area contributed by atoms with E-state index in [4.69, 9.17) is 85.3 Å². The van der Waals surface area contributed by atoms with Gasteiger partial charge in [0.2, 0.25) is 0 Å². The van der Waals surface area contributed by atoms with E-state index >= 15 is 0 Å². The summed E-state index contributed by atoms with van der Waals surface area (Å²) in [5.41, 5.74) is 0. The zero-order valence-corrected chi connectivity index (χ0v) is 35.1. The smallest absolute Gasteiger partial charge is 0.0701 e. The Balaban J connectivity index is 3.05. The SMILES string of the molecule is COCCOCCOCCOCCOCCOCCOCCOCCOCCOCCOCCOCCOCCOCCOCCOCCOCCOCCS. The van der Waals surface area contributed by atoms with Gasteiger partial charge in [0.15, 0.2) is 0 Å². The first-order chi connectivity index (χ1) is 27.9. The molecule has 0 aromatic heterocycles. The van der Waals surface area contributed by atoms with Crippen LogP contribution in [0, 0.1) is 0 Å². The van der Waals surface area contributed by atoms with Crippen LogP contribution in [0.5, 0.6) is 0 Å². The van der Waals surface area contributed by atoms with Crippen molar-refractivity contribution < 1.29 is 85.3 Å². The van der Waals surface area contributed by atoms with Gasteiger partial charge in [0, 0.05) is 12.9 Å². The summed E-state index contributed by atoms with van der Waals surface area (Å²) in [5.74, 6) is 0.716. The van der Waals surface area contributed by atoms with Crippen LogP contribution >= 0.6 is 12.6 Å². The van der Waals surface area contributed by atoms with Crippen molar-refractivity contribution in [2.45, 2.75) is 0 Å². The van der Waals surface area contributed by atoms with E-state index in [1.807, 2.05) is 0 Å². The van der Waals surface area contributed by atoms with Crippen LogP contribution in [0.2, 0.25) is 0 Å². The Kier molecular flexibility index (Phi) is 54.3. The Labute approximate surface area is 341 Å². The first-order valence-electron chi connectivity index (χ1n) is 19.8. The van der Waals surface area contributed by atoms with E-state index in [0.717, 1.165) is 0 Å². The molecule has 56 heavy (non-hydrogen) atoms. The van der Waals surface area contributed by atoms with Crippen molar-refractivity contribution in [1.29, 1.82) is 0 Å². The van der Waals surface area contributed by atoms with Gasteiger partial charge in [-0.15, -0.1) is 0 Å². The van der Waals surface area contributed by atoms with Crippen LogP contribution in [0.4, 0.5) is 0 Å². The number of rotatable bonds is 53. The van der Waals surface area contributed by atoms with E-state index in [1.54, 1.807) is 7.11 Å². The van der Waals surface area contributed by atoms with Gasteiger partial charge in [-0.25, -0.2) is 0 Å². The lowest BCUT2D eigenvalue weighted by atomic mass is 10.6. The van der Waals surface area contributed by atoms with Gasteiger partial charge in [-0.1, -0.05) is 0 Å². The van der Waals surface area contributed by atoms with Crippen LogP contribution in [0.25, 0.3) is 0 Å². The molecule has 0 aliphatic carbocycles. The quantitative estimate of drug-likeness (QED) is 0.0676. The summed E-state index contributed by atoms with van der Waals surface area (Å²) in [6.07, 6.45) is 0. The van der Waals surface area contributed by atoms with E-state index in [0.29, 0.717) is 237 Å². The van der Waals surface area contributed by atoms with Crippen LogP contribution in [0.15, 0.2) is 0 Å². The Bertz CT molecular complexity index is 625. The number of ether oxygens (including phenoxy) is 18. The summed E-state index contributed by atoms with van der Waals surface area (Å²) in [6.45, 7) is 18.3.